The van der Waals surface area contributed by atoms with Gasteiger partial charge in [-0.25, -0.2) is 0 Å². The standard InChI is InChI=1S/C15H13Cl2I/c1-9-3-4-10(2)12(7-9)15(17)11-5-6-14(18)13(16)8-11/h3-8,15H,1-2H3. The highest BCUT2D eigenvalue weighted by atomic mass is 127. The first kappa shape index (κ1) is 14.2. The molecule has 0 amide bonds. The molecule has 0 N–H and O–H groups in total. The fourth-order valence-corrected chi connectivity index (χ4v) is 2.78. The van der Waals surface area contributed by atoms with Gasteiger partial charge in [0.05, 0.1) is 10.4 Å². The molecule has 0 aliphatic rings. The second kappa shape index (κ2) is 5.81. The molecule has 2 rings (SSSR count). The van der Waals surface area contributed by atoms with Gasteiger partial charge in [0.1, 0.15) is 0 Å². The molecule has 0 aromatic heterocycles. The van der Waals surface area contributed by atoms with Gasteiger partial charge in [-0.2, -0.15) is 0 Å². The molecule has 3 heteroatoms. The molecule has 2 aromatic carbocycles. The summed E-state index contributed by atoms with van der Waals surface area (Å²) >= 11 is 14.9. The molecule has 2 aromatic rings. The van der Waals surface area contributed by atoms with E-state index in [4.69, 9.17) is 23.2 Å². The Morgan fingerprint density at radius 2 is 1.78 bits per heavy atom. The first-order valence-corrected chi connectivity index (χ1v) is 7.54. The van der Waals surface area contributed by atoms with Crippen molar-refractivity contribution in [3.63, 3.8) is 0 Å². The van der Waals surface area contributed by atoms with E-state index < -0.39 is 0 Å². The van der Waals surface area contributed by atoms with Gasteiger partial charge in [0.25, 0.3) is 0 Å². The maximum atomic E-state index is 6.57. The number of aryl methyl sites for hydroxylation is 2. The molecule has 0 spiro atoms. The van der Waals surface area contributed by atoms with Gasteiger partial charge in [-0.15, -0.1) is 11.6 Å². The molecule has 0 bridgehead atoms. The van der Waals surface area contributed by atoms with Crippen molar-refractivity contribution in [3.8, 4) is 0 Å². The van der Waals surface area contributed by atoms with E-state index >= 15 is 0 Å². The molecular formula is C15H13Cl2I. The Kier molecular flexibility index (Phi) is 4.57. The zero-order valence-corrected chi connectivity index (χ0v) is 13.8. The van der Waals surface area contributed by atoms with E-state index in [1.807, 2.05) is 18.2 Å². The molecule has 0 heterocycles. The topological polar surface area (TPSA) is 0 Å². The minimum atomic E-state index is -0.153. The monoisotopic (exact) mass is 390 g/mol. The third-order valence-electron chi connectivity index (χ3n) is 2.94. The summed E-state index contributed by atoms with van der Waals surface area (Å²) in [4.78, 5) is 0. The van der Waals surface area contributed by atoms with Gasteiger partial charge in [0, 0.05) is 3.57 Å². The largest absolute Gasteiger partial charge is 0.113 e. The van der Waals surface area contributed by atoms with Crippen LogP contribution in [-0.2, 0) is 0 Å². The van der Waals surface area contributed by atoms with E-state index in [-0.39, 0.29) is 5.38 Å². The molecule has 1 atom stereocenters. The van der Waals surface area contributed by atoms with Crippen LogP contribution < -0.4 is 0 Å². The molecule has 0 nitrogen and oxygen atoms in total. The van der Waals surface area contributed by atoms with Crippen LogP contribution in [0.15, 0.2) is 36.4 Å². The summed E-state index contributed by atoms with van der Waals surface area (Å²) in [5.41, 5.74) is 4.61. The highest BCUT2D eigenvalue weighted by Gasteiger charge is 2.14. The van der Waals surface area contributed by atoms with Gasteiger partial charge < -0.3 is 0 Å². The van der Waals surface area contributed by atoms with E-state index in [1.54, 1.807) is 0 Å². The zero-order valence-electron chi connectivity index (χ0n) is 10.2. The number of hydrogen-bond acceptors (Lipinski definition) is 0. The van der Waals surface area contributed by atoms with Crippen molar-refractivity contribution in [2.75, 3.05) is 0 Å². The maximum absolute atomic E-state index is 6.57. The Morgan fingerprint density at radius 3 is 2.44 bits per heavy atom. The summed E-state index contributed by atoms with van der Waals surface area (Å²) in [6, 6.07) is 12.3. The Balaban J connectivity index is 2.44. The van der Waals surface area contributed by atoms with Crippen molar-refractivity contribution in [2.45, 2.75) is 19.2 Å². The number of benzene rings is 2. The van der Waals surface area contributed by atoms with Gasteiger partial charge in [-0.1, -0.05) is 41.4 Å². The molecular weight excluding hydrogens is 378 g/mol. The number of rotatable bonds is 2. The third-order valence-corrected chi connectivity index (χ3v) is 5.00. The van der Waals surface area contributed by atoms with Crippen molar-refractivity contribution in [1.29, 1.82) is 0 Å². The summed E-state index contributed by atoms with van der Waals surface area (Å²) in [6.45, 7) is 4.16. The average molecular weight is 391 g/mol. The van der Waals surface area contributed by atoms with E-state index in [9.17, 15) is 0 Å². The maximum Gasteiger partial charge on any atom is 0.0838 e. The lowest BCUT2D eigenvalue weighted by Crippen LogP contribution is -1.97. The second-order valence-electron chi connectivity index (χ2n) is 4.40. The molecule has 0 radical (unpaired) electrons. The number of hydrogen-bond donors (Lipinski definition) is 0. The molecule has 94 valence electrons. The van der Waals surface area contributed by atoms with Crippen LogP contribution in [0, 0.1) is 17.4 Å². The fourth-order valence-electron chi connectivity index (χ4n) is 1.88. The Hall–Kier alpha value is -0.250. The number of alkyl halides is 1. The smallest absolute Gasteiger partial charge is 0.0838 e. The lowest BCUT2D eigenvalue weighted by molar-refractivity contribution is 1.10. The Bertz CT molecular complexity index is 579. The van der Waals surface area contributed by atoms with Crippen LogP contribution in [0.5, 0.6) is 0 Å². The van der Waals surface area contributed by atoms with Crippen LogP contribution >= 0.6 is 45.8 Å². The third kappa shape index (κ3) is 3.01. The van der Waals surface area contributed by atoms with Gasteiger partial charge in [-0.05, 0) is 65.3 Å². The van der Waals surface area contributed by atoms with Gasteiger partial charge in [-0.3, -0.25) is 0 Å². The number of halogens is 3. The fraction of sp³-hybridized carbons (Fsp3) is 0.200. The first-order valence-electron chi connectivity index (χ1n) is 5.65. The van der Waals surface area contributed by atoms with Crippen molar-refractivity contribution < 1.29 is 0 Å². The minimum absolute atomic E-state index is 0.153. The van der Waals surface area contributed by atoms with Crippen LogP contribution in [0.25, 0.3) is 0 Å². The molecule has 0 aliphatic heterocycles. The molecule has 0 saturated heterocycles. The van der Waals surface area contributed by atoms with Crippen LogP contribution in [-0.4, -0.2) is 0 Å². The quantitative estimate of drug-likeness (QED) is 0.443. The molecule has 0 saturated carbocycles. The van der Waals surface area contributed by atoms with E-state index in [0.717, 1.165) is 19.7 Å². The predicted molar refractivity (Wildman–Crippen MR) is 87.8 cm³/mol. The van der Waals surface area contributed by atoms with Gasteiger partial charge in [0.2, 0.25) is 0 Å². The van der Waals surface area contributed by atoms with E-state index in [1.165, 1.54) is 11.1 Å². The normalized spacial score (nSPS) is 12.5. The van der Waals surface area contributed by atoms with E-state index in [2.05, 4.69) is 54.6 Å². The first-order chi connectivity index (χ1) is 8.49. The van der Waals surface area contributed by atoms with Crippen LogP contribution in [0.2, 0.25) is 5.02 Å². The summed E-state index contributed by atoms with van der Waals surface area (Å²) in [6.07, 6.45) is 0. The molecule has 18 heavy (non-hydrogen) atoms. The molecule has 0 aliphatic carbocycles. The highest BCUT2D eigenvalue weighted by Crippen LogP contribution is 2.33. The molecule has 0 fully saturated rings. The van der Waals surface area contributed by atoms with E-state index in [0.29, 0.717) is 0 Å². The van der Waals surface area contributed by atoms with Crippen molar-refractivity contribution in [1.82, 2.24) is 0 Å². The van der Waals surface area contributed by atoms with Crippen LogP contribution in [0.1, 0.15) is 27.6 Å². The summed E-state index contributed by atoms with van der Waals surface area (Å²) in [7, 11) is 0. The average Bonchev–Trinajstić information content (AvgIpc) is 2.35. The summed E-state index contributed by atoms with van der Waals surface area (Å²) in [5.74, 6) is 0. The zero-order chi connectivity index (χ0) is 13.3. The Labute approximate surface area is 131 Å². The van der Waals surface area contributed by atoms with Gasteiger partial charge >= 0.3 is 0 Å². The predicted octanol–water partition coefficient (Wildman–Crippen LogP) is 5.89. The van der Waals surface area contributed by atoms with Crippen molar-refractivity contribution in [3.05, 3.63) is 67.2 Å². The van der Waals surface area contributed by atoms with Crippen molar-refractivity contribution >= 4 is 45.8 Å². The lowest BCUT2D eigenvalue weighted by Gasteiger charge is -2.14. The van der Waals surface area contributed by atoms with Crippen molar-refractivity contribution in [2.24, 2.45) is 0 Å². The SMILES string of the molecule is Cc1ccc(C)c(C(Cl)c2ccc(I)c(Cl)c2)c1. The Morgan fingerprint density at radius 1 is 1.06 bits per heavy atom. The van der Waals surface area contributed by atoms with Crippen LogP contribution in [0.3, 0.4) is 0 Å². The molecule has 1 unspecified atom stereocenters. The lowest BCUT2D eigenvalue weighted by atomic mass is 9.98. The summed E-state index contributed by atoms with van der Waals surface area (Å²) in [5, 5.41) is 0.600. The summed E-state index contributed by atoms with van der Waals surface area (Å²) < 4.78 is 1.04. The van der Waals surface area contributed by atoms with Gasteiger partial charge in [0.15, 0.2) is 0 Å². The van der Waals surface area contributed by atoms with Crippen LogP contribution in [0.4, 0.5) is 0 Å². The second-order valence-corrected chi connectivity index (χ2v) is 6.40. The minimum Gasteiger partial charge on any atom is -0.113 e. The highest BCUT2D eigenvalue weighted by molar-refractivity contribution is 14.1.